The first kappa shape index (κ1) is 27.9. The molecule has 3 rings (SSSR count). The number of ether oxygens (including phenoxy) is 1. The Morgan fingerprint density at radius 2 is 1.94 bits per heavy atom. The van der Waals surface area contributed by atoms with Crippen LogP contribution in [0.2, 0.25) is 5.02 Å². The van der Waals surface area contributed by atoms with Gasteiger partial charge in [-0.05, 0) is 64.7 Å². The molecule has 0 aliphatic carbocycles. The zero-order chi connectivity index (χ0) is 26.0. The van der Waals surface area contributed by atoms with Gasteiger partial charge in [0.05, 0.1) is 17.9 Å². The number of hydrogen-bond acceptors (Lipinski definition) is 6. The zero-order valence-electron chi connectivity index (χ0n) is 19.7. The molecule has 0 saturated carbocycles. The van der Waals surface area contributed by atoms with Crippen LogP contribution in [0.15, 0.2) is 76.8 Å². The Hall–Kier alpha value is -2.69. The third-order valence-corrected chi connectivity index (χ3v) is 7.75. The van der Waals surface area contributed by atoms with Crippen molar-refractivity contribution in [3.63, 3.8) is 0 Å². The second kappa shape index (κ2) is 13.6. The number of aliphatic hydroxyl groups excluding tert-OH is 1. The highest BCUT2D eigenvalue weighted by Gasteiger charge is 2.18. The van der Waals surface area contributed by atoms with E-state index in [1.165, 1.54) is 17.4 Å². The van der Waals surface area contributed by atoms with Gasteiger partial charge >= 0.3 is 0 Å². The lowest BCUT2D eigenvalue weighted by atomic mass is 10.1. The molecular formula is C26H29ClN2O5S2. The van der Waals surface area contributed by atoms with Gasteiger partial charge in [-0.15, -0.1) is 6.58 Å². The largest absolute Gasteiger partial charge is 0.491 e. The Morgan fingerprint density at radius 3 is 2.61 bits per heavy atom. The van der Waals surface area contributed by atoms with Crippen LogP contribution in [-0.4, -0.2) is 50.6 Å². The minimum absolute atomic E-state index is 0.0469. The Kier molecular flexibility index (Phi) is 10.5. The zero-order valence-corrected chi connectivity index (χ0v) is 22.1. The fourth-order valence-electron chi connectivity index (χ4n) is 3.50. The summed E-state index contributed by atoms with van der Waals surface area (Å²) in [7, 11) is -3.60. The minimum Gasteiger partial charge on any atom is -0.491 e. The van der Waals surface area contributed by atoms with E-state index in [-0.39, 0.29) is 43.5 Å². The maximum absolute atomic E-state index is 13.3. The summed E-state index contributed by atoms with van der Waals surface area (Å²) in [4.78, 5) is 15.2. The van der Waals surface area contributed by atoms with E-state index in [0.717, 1.165) is 16.7 Å². The van der Waals surface area contributed by atoms with Crippen molar-refractivity contribution in [2.24, 2.45) is 0 Å². The second-order valence-corrected chi connectivity index (χ2v) is 11.0. The molecule has 36 heavy (non-hydrogen) atoms. The van der Waals surface area contributed by atoms with Gasteiger partial charge in [-0.3, -0.25) is 4.79 Å². The van der Waals surface area contributed by atoms with E-state index in [0.29, 0.717) is 23.7 Å². The van der Waals surface area contributed by atoms with Crippen LogP contribution >= 0.6 is 22.9 Å². The lowest BCUT2D eigenvalue weighted by Crippen LogP contribution is -2.33. The molecule has 10 heteroatoms. The van der Waals surface area contributed by atoms with E-state index < -0.39 is 10.0 Å². The third-order valence-electron chi connectivity index (χ3n) is 5.34. The highest BCUT2D eigenvalue weighted by Crippen LogP contribution is 2.25. The Morgan fingerprint density at radius 1 is 1.17 bits per heavy atom. The van der Waals surface area contributed by atoms with Gasteiger partial charge in [0.2, 0.25) is 15.9 Å². The lowest BCUT2D eigenvalue weighted by molar-refractivity contribution is -0.131. The number of carbonyl (C=O) groups excluding carboxylic acids is 1. The quantitative estimate of drug-likeness (QED) is 0.296. The molecule has 1 heterocycles. The predicted molar refractivity (Wildman–Crippen MR) is 143 cm³/mol. The summed E-state index contributed by atoms with van der Waals surface area (Å²) < 4.78 is 32.7. The molecule has 0 bridgehead atoms. The summed E-state index contributed by atoms with van der Waals surface area (Å²) in [6, 6.07) is 13.7. The van der Waals surface area contributed by atoms with Gasteiger partial charge in [0.15, 0.2) is 0 Å². The first-order chi connectivity index (χ1) is 17.3. The van der Waals surface area contributed by atoms with E-state index in [2.05, 4.69) is 11.3 Å². The third kappa shape index (κ3) is 8.18. The molecule has 1 amide bonds. The van der Waals surface area contributed by atoms with Crippen molar-refractivity contribution in [3.05, 3.63) is 93.7 Å². The number of rotatable bonds is 14. The molecule has 7 nitrogen and oxygen atoms in total. The van der Waals surface area contributed by atoms with Crippen LogP contribution in [0.1, 0.15) is 16.7 Å². The molecule has 3 aromatic rings. The first-order valence-electron chi connectivity index (χ1n) is 11.3. The molecule has 0 atom stereocenters. The number of nitrogens with zero attached hydrogens (tertiary/aromatic N) is 1. The van der Waals surface area contributed by atoms with E-state index in [1.807, 2.05) is 16.8 Å². The molecule has 192 valence electrons. The summed E-state index contributed by atoms with van der Waals surface area (Å²) in [5.41, 5.74) is 2.58. The van der Waals surface area contributed by atoms with Gasteiger partial charge in [-0.25, -0.2) is 13.1 Å². The summed E-state index contributed by atoms with van der Waals surface area (Å²) in [6.07, 6.45) is 2.28. The number of amides is 1. The van der Waals surface area contributed by atoms with Gasteiger partial charge in [0, 0.05) is 30.2 Å². The van der Waals surface area contributed by atoms with Crippen molar-refractivity contribution >= 4 is 38.9 Å². The Bertz CT molecular complexity index is 1250. The summed E-state index contributed by atoms with van der Waals surface area (Å²) in [6.45, 7) is 4.37. The molecule has 0 aliphatic rings. The van der Waals surface area contributed by atoms with Crippen molar-refractivity contribution in [2.75, 3.05) is 26.3 Å². The number of benzene rings is 2. The number of halogens is 1. The van der Waals surface area contributed by atoms with Crippen LogP contribution in [0.4, 0.5) is 0 Å². The van der Waals surface area contributed by atoms with Crippen LogP contribution in [0.25, 0.3) is 0 Å². The number of thiophene rings is 1. The van der Waals surface area contributed by atoms with E-state index in [9.17, 15) is 13.2 Å². The molecule has 0 radical (unpaired) electrons. The maximum Gasteiger partial charge on any atom is 0.240 e. The number of sulfonamides is 1. The van der Waals surface area contributed by atoms with E-state index in [4.69, 9.17) is 21.4 Å². The second-order valence-electron chi connectivity index (χ2n) is 7.98. The van der Waals surface area contributed by atoms with Crippen molar-refractivity contribution in [2.45, 2.75) is 24.3 Å². The molecule has 0 saturated heterocycles. The van der Waals surface area contributed by atoms with Gasteiger partial charge in [-0.2, -0.15) is 11.3 Å². The van der Waals surface area contributed by atoms with Crippen molar-refractivity contribution in [1.29, 1.82) is 0 Å². The molecule has 2 N–H and O–H groups in total. The standard InChI is InChI=1S/C26H29ClN2O5S2/c1-2-11-28-36(32,33)24-6-3-20(4-7-24)9-12-29(26(31)16-21-10-15-35-19-21)18-22-17-23(27)5-8-25(22)34-14-13-30/h2-8,10,15,17,19,28,30H,1,9,11-14,16,18H2. The lowest BCUT2D eigenvalue weighted by Gasteiger charge is -2.24. The molecule has 0 aliphatic heterocycles. The van der Waals surface area contributed by atoms with E-state index in [1.54, 1.807) is 47.4 Å². The van der Waals surface area contributed by atoms with Crippen molar-refractivity contribution in [3.8, 4) is 5.75 Å². The smallest absolute Gasteiger partial charge is 0.240 e. The molecule has 2 aromatic carbocycles. The normalized spacial score (nSPS) is 11.3. The summed E-state index contributed by atoms with van der Waals surface area (Å²) >= 11 is 7.76. The highest BCUT2D eigenvalue weighted by molar-refractivity contribution is 7.89. The molecule has 1 aromatic heterocycles. The van der Waals surface area contributed by atoms with Gasteiger partial charge < -0.3 is 14.7 Å². The average Bonchev–Trinajstić information content (AvgIpc) is 3.38. The van der Waals surface area contributed by atoms with Crippen LogP contribution in [-0.2, 0) is 34.2 Å². The van der Waals surface area contributed by atoms with Crippen LogP contribution < -0.4 is 9.46 Å². The van der Waals surface area contributed by atoms with Gasteiger partial charge in [0.1, 0.15) is 12.4 Å². The topological polar surface area (TPSA) is 95.9 Å². The fraction of sp³-hybridized carbons (Fsp3) is 0.269. The Labute approximate surface area is 221 Å². The first-order valence-corrected chi connectivity index (χ1v) is 14.1. The van der Waals surface area contributed by atoms with Crippen molar-refractivity contribution < 1.29 is 23.1 Å². The van der Waals surface area contributed by atoms with Crippen LogP contribution in [0.5, 0.6) is 5.75 Å². The van der Waals surface area contributed by atoms with Gasteiger partial charge in [-0.1, -0.05) is 29.8 Å². The maximum atomic E-state index is 13.3. The SMILES string of the molecule is C=CCNS(=O)(=O)c1ccc(CCN(Cc2cc(Cl)ccc2OCCO)C(=O)Cc2ccsc2)cc1. The summed E-state index contributed by atoms with van der Waals surface area (Å²) in [5.74, 6) is 0.512. The van der Waals surface area contributed by atoms with Crippen LogP contribution in [0, 0.1) is 0 Å². The van der Waals surface area contributed by atoms with Crippen molar-refractivity contribution in [1.82, 2.24) is 9.62 Å². The fourth-order valence-corrected chi connectivity index (χ4v) is 5.36. The number of carbonyl (C=O) groups is 1. The van der Waals surface area contributed by atoms with Gasteiger partial charge in [0.25, 0.3) is 0 Å². The molecule has 0 unspecified atom stereocenters. The van der Waals surface area contributed by atoms with E-state index >= 15 is 0 Å². The number of nitrogens with one attached hydrogen (secondary N) is 1. The van der Waals surface area contributed by atoms with Crippen LogP contribution in [0.3, 0.4) is 0 Å². The number of hydrogen-bond donors (Lipinski definition) is 2. The highest BCUT2D eigenvalue weighted by atomic mass is 35.5. The predicted octanol–water partition coefficient (Wildman–Crippen LogP) is 4.05. The minimum atomic E-state index is -3.60. The molecule has 0 spiro atoms. The number of aliphatic hydroxyl groups is 1. The summed E-state index contributed by atoms with van der Waals surface area (Å²) in [5, 5.41) is 13.6. The molecular weight excluding hydrogens is 520 g/mol. The Balaban J connectivity index is 1.77. The molecule has 0 fully saturated rings. The average molecular weight is 549 g/mol. The monoisotopic (exact) mass is 548 g/mol.